The molecule has 0 radical (unpaired) electrons. The van der Waals surface area contributed by atoms with Crippen LogP contribution in [-0.2, 0) is 0 Å². The number of methoxy groups -OCH3 is 1. The zero-order valence-electron chi connectivity index (χ0n) is 13.3. The van der Waals surface area contributed by atoms with Crippen LogP contribution >= 0.6 is 0 Å². The molecule has 0 aliphatic carbocycles. The van der Waals surface area contributed by atoms with Crippen LogP contribution in [0.3, 0.4) is 0 Å². The van der Waals surface area contributed by atoms with E-state index in [1.807, 2.05) is 0 Å². The van der Waals surface area contributed by atoms with Gasteiger partial charge in [-0.15, -0.1) is 0 Å². The average molecular weight is 263 g/mol. The fourth-order valence-electron chi connectivity index (χ4n) is 2.39. The molecule has 2 nitrogen and oxygen atoms in total. The van der Waals surface area contributed by atoms with E-state index in [2.05, 4.69) is 58.1 Å². The first-order valence-electron chi connectivity index (χ1n) is 7.39. The van der Waals surface area contributed by atoms with Crippen molar-refractivity contribution in [3.8, 4) is 5.75 Å². The maximum absolute atomic E-state index is 5.30. The quantitative estimate of drug-likeness (QED) is 0.790. The summed E-state index contributed by atoms with van der Waals surface area (Å²) >= 11 is 0. The van der Waals surface area contributed by atoms with Gasteiger partial charge in [-0.3, -0.25) is 0 Å². The number of aryl methyl sites for hydroxylation is 1. The normalized spacial score (nSPS) is 14.5. The number of nitrogens with one attached hydrogen (secondary N) is 1. The molecule has 0 saturated heterocycles. The predicted octanol–water partition coefficient (Wildman–Crippen LogP) is 4.34. The van der Waals surface area contributed by atoms with E-state index in [1.54, 1.807) is 7.11 Å². The molecular weight excluding hydrogens is 234 g/mol. The van der Waals surface area contributed by atoms with E-state index in [0.717, 1.165) is 18.7 Å². The second-order valence-corrected chi connectivity index (χ2v) is 5.76. The fourth-order valence-corrected chi connectivity index (χ4v) is 2.39. The standard InChI is InChI=1S/C17H29NO/c1-7-10-18-17(14(5)12(2)3)16-9-8-15(19-6)11-13(16)4/h8-9,11-12,14,17-18H,7,10H2,1-6H3. The van der Waals surface area contributed by atoms with Gasteiger partial charge in [0.05, 0.1) is 7.11 Å². The fraction of sp³-hybridized carbons (Fsp3) is 0.647. The molecule has 0 spiro atoms. The molecular formula is C17H29NO. The Bertz CT molecular complexity index is 387. The summed E-state index contributed by atoms with van der Waals surface area (Å²) in [4.78, 5) is 0. The average Bonchev–Trinajstić information content (AvgIpc) is 2.39. The van der Waals surface area contributed by atoms with Crippen LogP contribution in [0.1, 0.15) is 51.3 Å². The van der Waals surface area contributed by atoms with Gasteiger partial charge in [-0.1, -0.05) is 33.8 Å². The van der Waals surface area contributed by atoms with Gasteiger partial charge in [-0.05, 0) is 55.0 Å². The Morgan fingerprint density at radius 2 is 1.89 bits per heavy atom. The molecule has 0 aliphatic rings. The number of benzene rings is 1. The van der Waals surface area contributed by atoms with Crippen LogP contribution < -0.4 is 10.1 Å². The van der Waals surface area contributed by atoms with Crippen LogP contribution in [0.5, 0.6) is 5.75 Å². The minimum absolute atomic E-state index is 0.422. The highest BCUT2D eigenvalue weighted by Crippen LogP contribution is 2.31. The molecule has 2 unspecified atom stereocenters. The summed E-state index contributed by atoms with van der Waals surface area (Å²) in [5, 5.41) is 3.70. The van der Waals surface area contributed by atoms with Crippen molar-refractivity contribution in [2.75, 3.05) is 13.7 Å². The number of rotatable bonds is 7. The smallest absolute Gasteiger partial charge is 0.119 e. The summed E-state index contributed by atoms with van der Waals surface area (Å²) in [6.45, 7) is 12.4. The van der Waals surface area contributed by atoms with Gasteiger partial charge < -0.3 is 10.1 Å². The number of ether oxygens (including phenoxy) is 1. The van der Waals surface area contributed by atoms with Crippen molar-refractivity contribution in [3.63, 3.8) is 0 Å². The molecule has 0 heterocycles. The lowest BCUT2D eigenvalue weighted by Crippen LogP contribution is -2.30. The van der Waals surface area contributed by atoms with Crippen LogP contribution in [0.15, 0.2) is 18.2 Å². The highest BCUT2D eigenvalue weighted by Gasteiger charge is 2.22. The lowest BCUT2D eigenvalue weighted by Gasteiger charge is -2.30. The molecule has 0 aliphatic heterocycles. The molecule has 0 saturated carbocycles. The summed E-state index contributed by atoms with van der Waals surface area (Å²) < 4.78 is 5.30. The summed E-state index contributed by atoms with van der Waals surface area (Å²) in [5.41, 5.74) is 2.70. The summed E-state index contributed by atoms with van der Waals surface area (Å²) in [6.07, 6.45) is 1.16. The van der Waals surface area contributed by atoms with Crippen molar-refractivity contribution in [2.24, 2.45) is 11.8 Å². The zero-order chi connectivity index (χ0) is 14.4. The molecule has 1 rings (SSSR count). The van der Waals surface area contributed by atoms with Crippen LogP contribution in [0, 0.1) is 18.8 Å². The molecule has 2 heteroatoms. The van der Waals surface area contributed by atoms with E-state index in [0.29, 0.717) is 17.9 Å². The molecule has 19 heavy (non-hydrogen) atoms. The Morgan fingerprint density at radius 3 is 2.37 bits per heavy atom. The van der Waals surface area contributed by atoms with Gasteiger partial charge in [0.25, 0.3) is 0 Å². The van der Waals surface area contributed by atoms with Gasteiger partial charge in [0.2, 0.25) is 0 Å². The Morgan fingerprint density at radius 1 is 1.21 bits per heavy atom. The van der Waals surface area contributed by atoms with Gasteiger partial charge in [-0.25, -0.2) is 0 Å². The minimum atomic E-state index is 0.422. The van der Waals surface area contributed by atoms with E-state index in [-0.39, 0.29) is 0 Å². The monoisotopic (exact) mass is 263 g/mol. The number of hydrogen-bond acceptors (Lipinski definition) is 2. The van der Waals surface area contributed by atoms with Crippen LogP contribution in [-0.4, -0.2) is 13.7 Å². The first-order chi connectivity index (χ1) is 9.01. The van der Waals surface area contributed by atoms with Gasteiger partial charge in [0, 0.05) is 6.04 Å². The maximum atomic E-state index is 5.30. The second kappa shape index (κ2) is 7.54. The van der Waals surface area contributed by atoms with Gasteiger partial charge >= 0.3 is 0 Å². The van der Waals surface area contributed by atoms with Crippen molar-refractivity contribution < 1.29 is 4.74 Å². The highest BCUT2D eigenvalue weighted by atomic mass is 16.5. The summed E-state index contributed by atoms with van der Waals surface area (Å²) in [6, 6.07) is 6.82. The Balaban J connectivity index is 3.02. The van der Waals surface area contributed by atoms with Gasteiger partial charge in [-0.2, -0.15) is 0 Å². The lowest BCUT2D eigenvalue weighted by molar-refractivity contribution is 0.302. The van der Waals surface area contributed by atoms with Crippen LogP contribution in [0.2, 0.25) is 0 Å². The van der Waals surface area contributed by atoms with Crippen LogP contribution in [0.4, 0.5) is 0 Å². The highest BCUT2D eigenvalue weighted by molar-refractivity contribution is 5.37. The molecule has 2 atom stereocenters. The van der Waals surface area contributed by atoms with Crippen molar-refractivity contribution in [1.82, 2.24) is 5.32 Å². The van der Waals surface area contributed by atoms with E-state index in [9.17, 15) is 0 Å². The second-order valence-electron chi connectivity index (χ2n) is 5.76. The van der Waals surface area contributed by atoms with Gasteiger partial charge in [0.15, 0.2) is 0 Å². The number of hydrogen-bond donors (Lipinski definition) is 1. The molecule has 0 bridgehead atoms. The van der Waals surface area contributed by atoms with E-state index in [1.165, 1.54) is 11.1 Å². The Kier molecular flexibility index (Phi) is 6.36. The molecule has 1 aromatic carbocycles. The Labute approximate surface area is 118 Å². The third-order valence-electron chi connectivity index (χ3n) is 4.00. The van der Waals surface area contributed by atoms with Crippen molar-refractivity contribution in [2.45, 2.75) is 47.1 Å². The van der Waals surface area contributed by atoms with E-state index < -0.39 is 0 Å². The van der Waals surface area contributed by atoms with Crippen molar-refractivity contribution in [3.05, 3.63) is 29.3 Å². The predicted molar refractivity (Wildman–Crippen MR) is 82.8 cm³/mol. The zero-order valence-corrected chi connectivity index (χ0v) is 13.3. The van der Waals surface area contributed by atoms with E-state index in [4.69, 9.17) is 4.74 Å². The SMILES string of the molecule is CCCNC(c1ccc(OC)cc1C)C(C)C(C)C. The first kappa shape index (κ1) is 16.0. The van der Waals surface area contributed by atoms with Gasteiger partial charge in [0.1, 0.15) is 5.75 Å². The summed E-state index contributed by atoms with van der Waals surface area (Å²) in [7, 11) is 1.72. The largest absolute Gasteiger partial charge is 0.497 e. The van der Waals surface area contributed by atoms with Crippen LogP contribution in [0.25, 0.3) is 0 Å². The molecule has 0 amide bonds. The third kappa shape index (κ3) is 4.24. The molecule has 0 fully saturated rings. The molecule has 0 aromatic heterocycles. The summed E-state index contributed by atoms with van der Waals surface area (Å²) in [5.74, 6) is 2.21. The topological polar surface area (TPSA) is 21.3 Å². The third-order valence-corrected chi connectivity index (χ3v) is 4.00. The van der Waals surface area contributed by atoms with Crippen molar-refractivity contribution >= 4 is 0 Å². The molecule has 1 N–H and O–H groups in total. The maximum Gasteiger partial charge on any atom is 0.119 e. The molecule has 1 aromatic rings. The lowest BCUT2D eigenvalue weighted by atomic mass is 9.84. The Hall–Kier alpha value is -1.02. The van der Waals surface area contributed by atoms with E-state index >= 15 is 0 Å². The first-order valence-corrected chi connectivity index (χ1v) is 7.39. The van der Waals surface area contributed by atoms with Crippen molar-refractivity contribution in [1.29, 1.82) is 0 Å². The minimum Gasteiger partial charge on any atom is -0.497 e. The molecule has 108 valence electrons.